The van der Waals surface area contributed by atoms with Crippen LogP contribution in [0.4, 0.5) is 0 Å². The molecule has 0 aliphatic carbocycles. The summed E-state index contributed by atoms with van der Waals surface area (Å²) >= 11 is 0. The Hall–Kier alpha value is -2.15. The van der Waals surface area contributed by atoms with Crippen LogP contribution >= 0.6 is 0 Å². The molecule has 0 aromatic carbocycles. The lowest BCUT2D eigenvalue weighted by Gasteiger charge is -2.13. The van der Waals surface area contributed by atoms with Crippen LogP contribution in [0.3, 0.4) is 0 Å². The summed E-state index contributed by atoms with van der Waals surface area (Å²) in [7, 11) is 1.69. The van der Waals surface area contributed by atoms with Gasteiger partial charge in [0.05, 0.1) is 18.6 Å². The summed E-state index contributed by atoms with van der Waals surface area (Å²) in [5.74, 6) is 0.321. The van der Waals surface area contributed by atoms with Crippen molar-refractivity contribution >= 4 is 5.91 Å². The van der Waals surface area contributed by atoms with E-state index in [9.17, 15) is 4.79 Å². The first-order chi connectivity index (χ1) is 9.74. The highest BCUT2D eigenvalue weighted by Gasteiger charge is 2.25. The molecule has 7 heteroatoms. The third-order valence-electron chi connectivity index (χ3n) is 3.34. The molecular weight excluding hydrogens is 260 g/mol. The van der Waals surface area contributed by atoms with E-state index in [1.54, 1.807) is 19.6 Å². The number of amides is 1. The average Bonchev–Trinajstić information content (AvgIpc) is 3.18. The number of hydrogen-bond acceptors (Lipinski definition) is 6. The van der Waals surface area contributed by atoms with Gasteiger partial charge in [-0.05, 0) is 25.5 Å². The van der Waals surface area contributed by atoms with E-state index in [0.717, 1.165) is 24.9 Å². The minimum absolute atomic E-state index is 0.0724. The Balaban J connectivity index is 1.67. The second-order valence-electron chi connectivity index (χ2n) is 4.90. The predicted molar refractivity (Wildman–Crippen MR) is 68.8 cm³/mol. The summed E-state index contributed by atoms with van der Waals surface area (Å²) in [6.45, 7) is 1.39. The van der Waals surface area contributed by atoms with Crippen molar-refractivity contribution in [3.63, 3.8) is 0 Å². The molecule has 3 rings (SSSR count). The van der Waals surface area contributed by atoms with E-state index in [1.807, 2.05) is 6.07 Å². The Bertz CT molecular complexity index is 572. The van der Waals surface area contributed by atoms with Crippen molar-refractivity contribution in [2.75, 3.05) is 13.6 Å². The standard InChI is InChI=1S/C13H16N4O3/c1-17(7-9-4-6-19-8-9)13(18)11-15-12(20-16-11)10-3-2-5-14-10/h4,6,8,10,14H,2-3,5,7H2,1H3. The first-order valence-electron chi connectivity index (χ1n) is 6.57. The zero-order valence-electron chi connectivity index (χ0n) is 11.2. The van der Waals surface area contributed by atoms with E-state index >= 15 is 0 Å². The van der Waals surface area contributed by atoms with Crippen molar-refractivity contribution in [3.05, 3.63) is 35.9 Å². The van der Waals surface area contributed by atoms with Gasteiger partial charge in [0, 0.05) is 19.2 Å². The first-order valence-corrected chi connectivity index (χ1v) is 6.57. The monoisotopic (exact) mass is 276 g/mol. The van der Waals surface area contributed by atoms with Gasteiger partial charge in [-0.1, -0.05) is 5.16 Å². The molecule has 0 spiro atoms. The third-order valence-corrected chi connectivity index (χ3v) is 3.34. The fourth-order valence-electron chi connectivity index (χ4n) is 2.26. The van der Waals surface area contributed by atoms with E-state index in [1.165, 1.54) is 4.90 Å². The molecule has 2 aromatic rings. The maximum Gasteiger partial charge on any atom is 0.295 e. The molecular formula is C13H16N4O3. The van der Waals surface area contributed by atoms with Gasteiger partial charge >= 0.3 is 0 Å². The predicted octanol–water partition coefficient (Wildman–Crippen LogP) is 1.36. The smallest absolute Gasteiger partial charge is 0.295 e. The topological polar surface area (TPSA) is 84.4 Å². The summed E-state index contributed by atoms with van der Waals surface area (Å²) in [6, 6.07) is 1.89. The van der Waals surface area contributed by atoms with Gasteiger partial charge in [0.1, 0.15) is 0 Å². The number of rotatable bonds is 4. The maximum atomic E-state index is 12.2. The highest BCUT2D eigenvalue weighted by molar-refractivity contribution is 5.90. The second-order valence-corrected chi connectivity index (χ2v) is 4.90. The molecule has 0 saturated carbocycles. The largest absolute Gasteiger partial charge is 0.472 e. The van der Waals surface area contributed by atoms with Crippen LogP contribution in [0.2, 0.25) is 0 Å². The lowest BCUT2D eigenvalue weighted by Crippen LogP contribution is -2.27. The van der Waals surface area contributed by atoms with Crippen LogP contribution in [-0.2, 0) is 6.54 Å². The van der Waals surface area contributed by atoms with Crippen LogP contribution in [0.5, 0.6) is 0 Å². The van der Waals surface area contributed by atoms with Crippen molar-refractivity contribution in [3.8, 4) is 0 Å². The van der Waals surface area contributed by atoms with Gasteiger partial charge in [-0.2, -0.15) is 4.98 Å². The van der Waals surface area contributed by atoms with Crippen molar-refractivity contribution in [1.29, 1.82) is 0 Å². The molecule has 1 aliphatic heterocycles. The minimum atomic E-state index is -0.265. The molecule has 1 fully saturated rings. The van der Waals surface area contributed by atoms with Gasteiger partial charge in [-0.25, -0.2) is 0 Å². The van der Waals surface area contributed by atoms with Crippen LogP contribution < -0.4 is 5.32 Å². The molecule has 0 bridgehead atoms. The van der Waals surface area contributed by atoms with Gasteiger partial charge in [0.25, 0.3) is 11.7 Å². The zero-order valence-corrected chi connectivity index (χ0v) is 11.2. The molecule has 106 valence electrons. The number of furan rings is 1. The summed E-state index contributed by atoms with van der Waals surface area (Å²) in [5, 5.41) is 7.03. The molecule has 1 atom stereocenters. The Morgan fingerprint density at radius 3 is 3.20 bits per heavy atom. The lowest BCUT2D eigenvalue weighted by atomic mass is 10.2. The van der Waals surface area contributed by atoms with Gasteiger partial charge < -0.3 is 19.2 Å². The number of aromatic nitrogens is 2. The van der Waals surface area contributed by atoms with Crippen molar-refractivity contribution < 1.29 is 13.7 Å². The van der Waals surface area contributed by atoms with Crippen molar-refractivity contribution in [2.45, 2.75) is 25.4 Å². The Morgan fingerprint density at radius 1 is 1.60 bits per heavy atom. The molecule has 7 nitrogen and oxygen atoms in total. The van der Waals surface area contributed by atoms with Crippen LogP contribution in [0.25, 0.3) is 0 Å². The van der Waals surface area contributed by atoms with Gasteiger partial charge in [0.2, 0.25) is 5.89 Å². The SMILES string of the molecule is CN(Cc1ccoc1)C(=O)c1noc(C2CCCN2)n1. The number of nitrogens with zero attached hydrogens (tertiary/aromatic N) is 3. The van der Waals surface area contributed by atoms with Gasteiger partial charge in [-0.3, -0.25) is 4.79 Å². The van der Waals surface area contributed by atoms with Crippen molar-refractivity contribution in [2.24, 2.45) is 0 Å². The van der Waals surface area contributed by atoms with Crippen LogP contribution in [0, 0.1) is 0 Å². The molecule has 1 unspecified atom stereocenters. The molecule has 1 aliphatic rings. The van der Waals surface area contributed by atoms with E-state index < -0.39 is 0 Å². The molecule has 1 N–H and O–H groups in total. The molecule has 20 heavy (non-hydrogen) atoms. The fraction of sp³-hybridized carbons (Fsp3) is 0.462. The highest BCUT2D eigenvalue weighted by atomic mass is 16.5. The zero-order chi connectivity index (χ0) is 13.9. The van der Waals surface area contributed by atoms with Crippen LogP contribution in [0.15, 0.2) is 27.5 Å². The van der Waals surface area contributed by atoms with Crippen LogP contribution in [-0.4, -0.2) is 34.5 Å². The summed E-state index contributed by atoms with van der Waals surface area (Å²) in [6.07, 6.45) is 5.22. The summed E-state index contributed by atoms with van der Waals surface area (Å²) in [5.41, 5.74) is 0.919. The number of hydrogen-bond donors (Lipinski definition) is 1. The Kier molecular flexibility index (Phi) is 3.51. The molecule has 1 saturated heterocycles. The summed E-state index contributed by atoms with van der Waals surface area (Å²) in [4.78, 5) is 17.9. The molecule has 2 aromatic heterocycles. The molecule has 3 heterocycles. The first kappa shape index (κ1) is 12.9. The van der Waals surface area contributed by atoms with E-state index in [-0.39, 0.29) is 17.8 Å². The number of carbonyl (C=O) groups excluding carboxylic acids is 1. The van der Waals surface area contributed by atoms with E-state index in [0.29, 0.717) is 12.4 Å². The average molecular weight is 276 g/mol. The molecule has 0 radical (unpaired) electrons. The van der Waals surface area contributed by atoms with E-state index in [2.05, 4.69) is 15.5 Å². The Labute approximate surface area is 115 Å². The maximum absolute atomic E-state index is 12.2. The Morgan fingerprint density at radius 2 is 2.50 bits per heavy atom. The minimum Gasteiger partial charge on any atom is -0.472 e. The van der Waals surface area contributed by atoms with Crippen molar-refractivity contribution in [1.82, 2.24) is 20.4 Å². The molecule has 1 amide bonds. The number of nitrogens with one attached hydrogen (secondary N) is 1. The highest BCUT2D eigenvalue weighted by Crippen LogP contribution is 2.21. The lowest BCUT2D eigenvalue weighted by molar-refractivity contribution is 0.0769. The van der Waals surface area contributed by atoms with Gasteiger partial charge in [-0.15, -0.1) is 0 Å². The summed E-state index contributed by atoms with van der Waals surface area (Å²) < 4.78 is 10.1. The second kappa shape index (κ2) is 5.46. The van der Waals surface area contributed by atoms with E-state index in [4.69, 9.17) is 8.94 Å². The quantitative estimate of drug-likeness (QED) is 0.907. The number of carbonyl (C=O) groups is 1. The van der Waals surface area contributed by atoms with Gasteiger partial charge in [0.15, 0.2) is 0 Å². The third kappa shape index (κ3) is 2.57. The fourth-order valence-corrected chi connectivity index (χ4v) is 2.26. The normalized spacial score (nSPS) is 18.4. The van der Waals surface area contributed by atoms with Crippen LogP contribution in [0.1, 0.15) is 41.0 Å².